The van der Waals surface area contributed by atoms with Crippen LogP contribution < -0.4 is 5.73 Å². The highest BCUT2D eigenvalue weighted by Crippen LogP contribution is 2.23. The predicted molar refractivity (Wildman–Crippen MR) is 77.9 cm³/mol. The second-order valence-corrected chi connectivity index (χ2v) is 5.35. The van der Waals surface area contributed by atoms with Gasteiger partial charge in [-0.25, -0.2) is 4.98 Å². The van der Waals surface area contributed by atoms with Crippen LogP contribution in [0.25, 0.3) is 11.0 Å². The summed E-state index contributed by atoms with van der Waals surface area (Å²) < 4.78 is 1.99. The molecule has 2 heterocycles. The number of aromatic nitrogens is 2. The lowest BCUT2D eigenvalue weighted by Crippen LogP contribution is -2.32. The molecule has 2 atom stereocenters. The van der Waals surface area contributed by atoms with Crippen molar-refractivity contribution in [2.24, 2.45) is 5.73 Å². The number of aromatic amines is 1. The third kappa shape index (κ3) is 1.90. The molecule has 1 aliphatic heterocycles. The van der Waals surface area contributed by atoms with Gasteiger partial charge in [0.05, 0.1) is 17.1 Å². The van der Waals surface area contributed by atoms with E-state index in [1.807, 2.05) is 28.8 Å². The van der Waals surface area contributed by atoms with Gasteiger partial charge in [0, 0.05) is 0 Å². The minimum atomic E-state index is -0.434. The van der Waals surface area contributed by atoms with Crippen LogP contribution in [0.1, 0.15) is 32.0 Å². The fourth-order valence-electron chi connectivity index (χ4n) is 2.71. The Kier molecular flexibility index (Phi) is 3.04. The van der Waals surface area contributed by atoms with Gasteiger partial charge in [0.15, 0.2) is 11.7 Å². The lowest BCUT2D eigenvalue weighted by molar-refractivity contribution is -0.548. The molecule has 2 aromatic rings. The van der Waals surface area contributed by atoms with Gasteiger partial charge < -0.3 is 4.98 Å². The van der Waals surface area contributed by atoms with E-state index in [9.17, 15) is 4.79 Å². The Morgan fingerprint density at radius 1 is 1.50 bits per heavy atom. The van der Waals surface area contributed by atoms with E-state index >= 15 is 0 Å². The van der Waals surface area contributed by atoms with Crippen LogP contribution in [0.3, 0.4) is 0 Å². The highest BCUT2D eigenvalue weighted by Gasteiger charge is 2.41. The van der Waals surface area contributed by atoms with Crippen LogP contribution in [0.15, 0.2) is 24.3 Å². The van der Waals surface area contributed by atoms with Crippen LogP contribution in [0.5, 0.6) is 0 Å². The van der Waals surface area contributed by atoms with Crippen LogP contribution in [0.4, 0.5) is 0 Å². The molecule has 104 valence electrons. The van der Waals surface area contributed by atoms with Crippen LogP contribution in [0.2, 0.25) is 0 Å². The van der Waals surface area contributed by atoms with Crippen molar-refractivity contribution in [3.8, 4) is 0 Å². The SMILES string of the molecule is CC[C@H](C)[N+]1=C(N)[C@H](c2nc3ccccc3[nH]2)C(=O)C1. The van der Waals surface area contributed by atoms with Gasteiger partial charge in [-0.05, 0) is 25.5 Å². The van der Waals surface area contributed by atoms with E-state index in [-0.39, 0.29) is 11.8 Å². The molecule has 0 radical (unpaired) electrons. The number of nitrogens with one attached hydrogen (secondary N) is 1. The molecule has 3 rings (SSSR count). The molecular formula is C15H19N4O+. The molecule has 0 saturated carbocycles. The van der Waals surface area contributed by atoms with Gasteiger partial charge in [-0.2, -0.15) is 0 Å². The second kappa shape index (κ2) is 4.74. The minimum Gasteiger partial charge on any atom is -0.341 e. The van der Waals surface area contributed by atoms with Gasteiger partial charge in [-0.3, -0.25) is 15.1 Å². The number of ketones is 1. The summed E-state index contributed by atoms with van der Waals surface area (Å²) in [5.41, 5.74) is 8.01. The molecule has 1 aliphatic rings. The van der Waals surface area contributed by atoms with Gasteiger partial charge in [-0.15, -0.1) is 0 Å². The van der Waals surface area contributed by atoms with Crippen LogP contribution in [0, 0.1) is 0 Å². The Bertz CT molecular complexity index is 668. The van der Waals surface area contributed by atoms with Crippen LogP contribution in [-0.4, -0.2) is 38.7 Å². The van der Waals surface area contributed by atoms with Gasteiger partial charge in [0.25, 0.3) is 5.84 Å². The molecular weight excluding hydrogens is 252 g/mol. The number of amidine groups is 1. The van der Waals surface area contributed by atoms with Gasteiger partial charge in [0.2, 0.25) is 0 Å². The number of H-pyrrole nitrogens is 1. The molecule has 3 N–H and O–H groups in total. The fraction of sp³-hybridized carbons (Fsp3) is 0.400. The summed E-state index contributed by atoms with van der Waals surface area (Å²) >= 11 is 0. The Morgan fingerprint density at radius 3 is 2.95 bits per heavy atom. The van der Waals surface area contributed by atoms with Crippen molar-refractivity contribution in [2.45, 2.75) is 32.2 Å². The fourth-order valence-corrected chi connectivity index (χ4v) is 2.71. The summed E-state index contributed by atoms with van der Waals surface area (Å²) in [6, 6.07) is 8.03. The first-order chi connectivity index (χ1) is 9.61. The number of hydrogen-bond donors (Lipinski definition) is 2. The number of Topliss-reactive ketones (excluding diaryl/α,β-unsaturated/α-hetero) is 1. The molecule has 5 nitrogen and oxygen atoms in total. The molecule has 20 heavy (non-hydrogen) atoms. The third-order valence-corrected chi connectivity index (χ3v) is 4.08. The number of rotatable bonds is 3. The van der Waals surface area contributed by atoms with Gasteiger partial charge in [-0.1, -0.05) is 19.1 Å². The Hall–Kier alpha value is -2.17. The third-order valence-electron chi connectivity index (χ3n) is 4.08. The van der Waals surface area contributed by atoms with Crippen molar-refractivity contribution in [3.63, 3.8) is 0 Å². The number of benzene rings is 1. The van der Waals surface area contributed by atoms with E-state index in [1.54, 1.807) is 0 Å². The average molecular weight is 271 g/mol. The summed E-state index contributed by atoms with van der Waals surface area (Å²) in [5.74, 6) is 0.946. The summed E-state index contributed by atoms with van der Waals surface area (Å²) in [7, 11) is 0. The van der Waals surface area contributed by atoms with Crippen molar-refractivity contribution < 1.29 is 9.37 Å². The largest absolute Gasteiger partial charge is 0.341 e. The summed E-state index contributed by atoms with van der Waals surface area (Å²) in [5, 5.41) is 0. The number of hydrogen-bond acceptors (Lipinski definition) is 3. The quantitative estimate of drug-likeness (QED) is 0.829. The standard InChI is InChI=1S/C15H18N4O/c1-3-9(2)19-8-12(20)13(14(19)16)15-17-10-6-4-5-7-11(10)18-15/h4-7,9,13,16H,3,8H2,1-2H3,(H,17,18)/p+1/t9-,13+/m0/s1. The molecule has 1 aromatic carbocycles. The van der Waals surface area contributed by atoms with Crippen molar-refractivity contribution in [1.82, 2.24) is 9.97 Å². The molecule has 0 bridgehead atoms. The highest BCUT2D eigenvalue weighted by molar-refractivity contribution is 6.09. The zero-order chi connectivity index (χ0) is 14.3. The number of nitrogens with zero attached hydrogens (tertiary/aromatic N) is 2. The summed E-state index contributed by atoms with van der Waals surface area (Å²) in [4.78, 5) is 20.0. The molecule has 0 unspecified atom stereocenters. The molecule has 0 saturated heterocycles. The molecule has 5 heteroatoms. The first-order valence-electron chi connectivity index (χ1n) is 6.98. The second-order valence-electron chi connectivity index (χ2n) is 5.35. The zero-order valence-electron chi connectivity index (χ0n) is 11.8. The number of para-hydroxylation sites is 2. The van der Waals surface area contributed by atoms with E-state index in [0.717, 1.165) is 17.5 Å². The normalized spacial score (nSPS) is 20.9. The number of fused-ring (bicyclic) bond motifs is 1. The highest BCUT2D eigenvalue weighted by atomic mass is 16.1. The lowest BCUT2D eigenvalue weighted by Gasteiger charge is -2.09. The summed E-state index contributed by atoms with van der Waals surface area (Å²) in [6.07, 6.45) is 0.959. The Labute approximate surface area is 117 Å². The first kappa shape index (κ1) is 12.8. The number of carbonyl (C=O) groups excluding carboxylic acids is 1. The molecule has 0 aliphatic carbocycles. The Balaban J connectivity index is 2.04. The molecule has 1 aromatic heterocycles. The van der Waals surface area contributed by atoms with Crippen molar-refractivity contribution in [3.05, 3.63) is 30.1 Å². The zero-order valence-corrected chi connectivity index (χ0v) is 11.8. The van der Waals surface area contributed by atoms with E-state index < -0.39 is 5.92 Å². The maximum absolute atomic E-state index is 12.3. The van der Waals surface area contributed by atoms with Crippen molar-refractivity contribution in [1.29, 1.82) is 0 Å². The monoisotopic (exact) mass is 271 g/mol. The first-order valence-corrected chi connectivity index (χ1v) is 6.98. The smallest absolute Gasteiger partial charge is 0.261 e. The average Bonchev–Trinajstić information content (AvgIpc) is 2.98. The number of carbonyl (C=O) groups is 1. The van der Waals surface area contributed by atoms with E-state index in [4.69, 9.17) is 5.73 Å². The van der Waals surface area contributed by atoms with E-state index in [0.29, 0.717) is 18.2 Å². The van der Waals surface area contributed by atoms with Gasteiger partial charge >= 0.3 is 0 Å². The van der Waals surface area contributed by atoms with Crippen molar-refractivity contribution >= 4 is 22.7 Å². The van der Waals surface area contributed by atoms with Crippen LogP contribution in [-0.2, 0) is 4.79 Å². The van der Waals surface area contributed by atoms with Crippen molar-refractivity contribution in [2.75, 3.05) is 6.54 Å². The lowest BCUT2D eigenvalue weighted by atomic mass is 10.1. The number of imidazole rings is 1. The predicted octanol–water partition coefficient (Wildman–Crippen LogP) is 1.40. The van der Waals surface area contributed by atoms with E-state index in [1.165, 1.54) is 0 Å². The Morgan fingerprint density at radius 2 is 2.25 bits per heavy atom. The topological polar surface area (TPSA) is 74.8 Å². The maximum Gasteiger partial charge on any atom is 0.261 e. The molecule has 0 spiro atoms. The maximum atomic E-state index is 12.3. The number of nitrogens with two attached hydrogens (primary N) is 1. The van der Waals surface area contributed by atoms with Gasteiger partial charge in [0.1, 0.15) is 12.4 Å². The van der Waals surface area contributed by atoms with Crippen LogP contribution >= 0.6 is 0 Å². The molecule has 0 amide bonds. The molecule has 0 fully saturated rings. The minimum absolute atomic E-state index is 0.113. The van der Waals surface area contributed by atoms with E-state index in [2.05, 4.69) is 23.8 Å². The summed E-state index contributed by atoms with van der Waals surface area (Å²) in [6.45, 7) is 4.56.